The fraction of sp³-hybridized carbons (Fsp3) is 0.214. The largest absolute Gasteiger partial charge is 0.433 e. The Labute approximate surface area is 128 Å². The summed E-state index contributed by atoms with van der Waals surface area (Å²) in [5, 5.41) is 0. The summed E-state index contributed by atoms with van der Waals surface area (Å²) in [6.45, 7) is 0. The molecule has 0 fully saturated rings. The molecule has 1 nitrogen and oxygen atoms in total. The molecule has 0 aliphatic heterocycles. The van der Waals surface area contributed by atoms with E-state index in [4.69, 9.17) is 0 Å². The smallest absolute Gasteiger partial charge is 0.239 e. The van der Waals surface area contributed by atoms with Crippen LogP contribution >= 0.6 is 0 Å². The molecule has 0 atom stereocenters. The van der Waals surface area contributed by atoms with Gasteiger partial charge in [0.1, 0.15) is 11.4 Å². The van der Waals surface area contributed by atoms with Crippen LogP contribution in [0.5, 0.6) is 0 Å². The van der Waals surface area contributed by atoms with Gasteiger partial charge in [-0.2, -0.15) is 39.5 Å². The van der Waals surface area contributed by atoms with Crippen molar-refractivity contribution in [3.63, 3.8) is 0 Å². The van der Waals surface area contributed by atoms with Crippen molar-refractivity contribution in [3.05, 3.63) is 53.3 Å². The van der Waals surface area contributed by atoms with Crippen molar-refractivity contribution >= 4 is 0 Å². The topological polar surface area (TPSA) is 12.9 Å². The molecule has 2 rings (SSSR count). The number of nitrogens with zero attached hydrogens (tertiary/aromatic N) is 1. The van der Waals surface area contributed by atoms with E-state index in [0.717, 1.165) is 18.2 Å². The Morgan fingerprint density at radius 2 is 1.08 bits per heavy atom. The molecular formula is C14H6F9N. The Hall–Kier alpha value is -2.26. The molecule has 24 heavy (non-hydrogen) atoms. The van der Waals surface area contributed by atoms with Crippen molar-refractivity contribution in [2.24, 2.45) is 0 Å². The Kier molecular flexibility index (Phi) is 4.28. The van der Waals surface area contributed by atoms with Crippen LogP contribution < -0.4 is 0 Å². The first-order chi connectivity index (χ1) is 10.8. The molecule has 0 N–H and O–H groups in total. The summed E-state index contributed by atoms with van der Waals surface area (Å²) in [4.78, 5) is 2.46. The van der Waals surface area contributed by atoms with Gasteiger partial charge >= 0.3 is 18.5 Å². The molecular weight excluding hydrogens is 353 g/mol. The van der Waals surface area contributed by atoms with Gasteiger partial charge in [-0.15, -0.1) is 0 Å². The first-order valence-corrected chi connectivity index (χ1v) is 6.13. The van der Waals surface area contributed by atoms with Crippen molar-refractivity contribution in [3.8, 4) is 11.1 Å². The van der Waals surface area contributed by atoms with Gasteiger partial charge in [-0.1, -0.05) is 18.2 Å². The lowest BCUT2D eigenvalue weighted by molar-refractivity contribution is -0.150. The average molecular weight is 359 g/mol. The summed E-state index contributed by atoms with van der Waals surface area (Å²) >= 11 is 0. The lowest BCUT2D eigenvalue weighted by atomic mass is 9.98. The quantitative estimate of drug-likeness (QED) is 0.586. The minimum Gasteiger partial charge on any atom is -0.239 e. The number of aromatic nitrogens is 1. The number of halogens is 9. The molecule has 0 unspecified atom stereocenters. The van der Waals surface area contributed by atoms with Gasteiger partial charge < -0.3 is 0 Å². The molecule has 1 heterocycles. The second kappa shape index (κ2) is 5.67. The highest BCUT2D eigenvalue weighted by Gasteiger charge is 2.40. The minimum absolute atomic E-state index is 0.153. The zero-order valence-electron chi connectivity index (χ0n) is 11.3. The Morgan fingerprint density at radius 1 is 0.625 bits per heavy atom. The van der Waals surface area contributed by atoms with Crippen LogP contribution in [-0.2, 0) is 18.5 Å². The molecule has 0 saturated carbocycles. The average Bonchev–Trinajstić information content (AvgIpc) is 2.44. The molecule has 1 aromatic carbocycles. The van der Waals surface area contributed by atoms with E-state index in [9.17, 15) is 39.5 Å². The van der Waals surface area contributed by atoms with Gasteiger partial charge in [0.25, 0.3) is 0 Å². The Balaban J connectivity index is 2.77. The van der Waals surface area contributed by atoms with Crippen LogP contribution in [0.1, 0.15) is 17.0 Å². The SMILES string of the molecule is FC(F)(F)c1cc(-c2ccccc2C(F)(F)F)cc(C(F)(F)F)n1. The van der Waals surface area contributed by atoms with Gasteiger partial charge in [0.2, 0.25) is 0 Å². The highest BCUT2D eigenvalue weighted by atomic mass is 19.4. The third kappa shape index (κ3) is 3.80. The third-order valence-electron chi connectivity index (χ3n) is 2.95. The highest BCUT2D eigenvalue weighted by Crippen LogP contribution is 2.40. The van der Waals surface area contributed by atoms with Crippen molar-refractivity contribution in [2.45, 2.75) is 18.5 Å². The second-order valence-electron chi connectivity index (χ2n) is 4.67. The fourth-order valence-electron chi connectivity index (χ4n) is 1.96. The van der Waals surface area contributed by atoms with Gasteiger partial charge in [0, 0.05) is 0 Å². The van der Waals surface area contributed by atoms with Gasteiger partial charge in [0.05, 0.1) is 5.56 Å². The van der Waals surface area contributed by atoms with Crippen molar-refractivity contribution in [1.29, 1.82) is 0 Å². The predicted molar refractivity (Wildman–Crippen MR) is 64.7 cm³/mol. The van der Waals surface area contributed by atoms with Gasteiger partial charge in [-0.25, -0.2) is 4.98 Å². The van der Waals surface area contributed by atoms with E-state index in [1.165, 1.54) is 0 Å². The Morgan fingerprint density at radius 3 is 1.50 bits per heavy atom. The lowest BCUT2D eigenvalue weighted by Crippen LogP contribution is -2.15. The molecule has 0 aliphatic carbocycles. The highest BCUT2D eigenvalue weighted by molar-refractivity contribution is 5.69. The summed E-state index contributed by atoms with van der Waals surface area (Å²) in [5.41, 5.74) is -6.88. The Bertz CT molecular complexity index is 709. The number of rotatable bonds is 1. The van der Waals surface area contributed by atoms with Gasteiger partial charge in [0.15, 0.2) is 0 Å². The van der Waals surface area contributed by atoms with Crippen molar-refractivity contribution in [1.82, 2.24) is 4.98 Å². The molecule has 2 aromatic rings. The van der Waals surface area contributed by atoms with Crippen LogP contribution in [-0.4, -0.2) is 4.98 Å². The molecule has 0 spiro atoms. The molecule has 0 saturated heterocycles. The summed E-state index contributed by atoms with van der Waals surface area (Å²) < 4.78 is 115. The molecule has 0 radical (unpaired) electrons. The van der Waals surface area contributed by atoms with Crippen LogP contribution in [0.15, 0.2) is 36.4 Å². The first-order valence-electron chi connectivity index (χ1n) is 6.13. The van der Waals surface area contributed by atoms with Gasteiger partial charge in [-0.05, 0) is 29.3 Å². The number of pyridine rings is 1. The fourth-order valence-corrected chi connectivity index (χ4v) is 1.96. The normalized spacial score (nSPS) is 13.2. The first kappa shape index (κ1) is 18.1. The number of alkyl halides is 9. The van der Waals surface area contributed by atoms with E-state index < -0.39 is 46.6 Å². The van der Waals surface area contributed by atoms with Crippen molar-refractivity contribution in [2.75, 3.05) is 0 Å². The lowest BCUT2D eigenvalue weighted by Gasteiger charge is -2.16. The van der Waals surface area contributed by atoms with Gasteiger partial charge in [-0.3, -0.25) is 0 Å². The second-order valence-corrected chi connectivity index (χ2v) is 4.67. The van der Waals surface area contributed by atoms with E-state index in [-0.39, 0.29) is 12.1 Å². The van der Waals surface area contributed by atoms with E-state index >= 15 is 0 Å². The minimum atomic E-state index is -5.25. The van der Waals surface area contributed by atoms with E-state index in [0.29, 0.717) is 6.07 Å². The van der Waals surface area contributed by atoms with Crippen LogP contribution in [0.2, 0.25) is 0 Å². The summed E-state index contributed by atoms with van der Waals surface area (Å²) in [6.07, 6.45) is -15.4. The standard InChI is InChI=1S/C14H6F9N/c15-12(16,17)9-4-2-1-3-8(9)7-5-10(13(18,19)20)24-11(6-7)14(21,22)23/h1-6H. The zero-order valence-corrected chi connectivity index (χ0v) is 11.3. The maximum Gasteiger partial charge on any atom is 0.433 e. The number of hydrogen-bond acceptors (Lipinski definition) is 1. The maximum atomic E-state index is 12.9. The molecule has 0 amide bonds. The monoisotopic (exact) mass is 359 g/mol. The molecule has 0 bridgehead atoms. The molecule has 10 heteroatoms. The van der Waals surface area contributed by atoms with E-state index in [2.05, 4.69) is 4.98 Å². The third-order valence-corrected chi connectivity index (χ3v) is 2.95. The zero-order chi connectivity index (χ0) is 18.3. The van der Waals surface area contributed by atoms with E-state index in [1.807, 2.05) is 0 Å². The molecule has 130 valence electrons. The van der Waals surface area contributed by atoms with Crippen LogP contribution in [0.25, 0.3) is 11.1 Å². The maximum absolute atomic E-state index is 12.9. The van der Waals surface area contributed by atoms with Crippen LogP contribution in [0, 0.1) is 0 Å². The number of hydrogen-bond donors (Lipinski definition) is 0. The molecule has 1 aromatic heterocycles. The number of benzene rings is 1. The van der Waals surface area contributed by atoms with E-state index in [1.54, 1.807) is 0 Å². The van der Waals surface area contributed by atoms with Crippen LogP contribution in [0.3, 0.4) is 0 Å². The van der Waals surface area contributed by atoms with Crippen LogP contribution in [0.4, 0.5) is 39.5 Å². The predicted octanol–water partition coefficient (Wildman–Crippen LogP) is 5.81. The van der Waals surface area contributed by atoms with Crippen molar-refractivity contribution < 1.29 is 39.5 Å². The molecule has 0 aliphatic rings. The summed E-state index contributed by atoms with van der Waals surface area (Å²) in [6, 6.07) is 3.71. The summed E-state index contributed by atoms with van der Waals surface area (Å²) in [7, 11) is 0. The summed E-state index contributed by atoms with van der Waals surface area (Å²) in [5.74, 6) is 0.